The van der Waals surface area contributed by atoms with Crippen molar-refractivity contribution < 1.29 is 4.79 Å². The fourth-order valence-corrected chi connectivity index (χ4v) is 3.36. The summed E-state index contributed by atoms with van der Waals surface area (Å²) in [5.41, 5.74) is 2.04. The maximum Gasteiger partial charge on any atom is 0.247 e. The number of nitrogens with zero attached hydrogens (tertiary/aromatic N) is 1. The van der Waals surface area contributed by atoms with Crippen molar-refractivity contribution in [3.63, 3.8) is 0 Å². The highest BCUT2D eigenvalue weighted by Gasteiger charge is 2.41. The van der Waals surface area contributed by atoms with E-state index in [1.807, 2.05) is 17.9 Å². The van der Waals surface area contributed by atoms with E-state index in [0.717, 1.165) is 38.0 Å². The van der Waals surface area contributed by atoms with E-state index in [2.05, 4.69) is 30.4 Å². The van der Waals surface area contributed by atoms with Crippen LogP contribution in [-0.4, -0.2) is 24.5 Å². The summed E-state index contributed by atoms with van der Waals surface area (Å²) in [6.45, 7) is 6.06. The van der Waals surface area contributed by atoms with E-state index in [1.54, 1.807) is 0 Å². The fourth-order valence-electron chi connectivity index (χ4n) is 3.36. The molecule has 0 aliphatic carbocycles. The van der Waals surface area contributed by atoms with Crippen molar-refractivity contribution in [2.45, 2.75) is 38.6 Å². The molecule has 2 unspecified atom stereocenters. The van der Waals surface area contributed by atoms with Crippen LogP contribution in [0.15, 0.2) is 24.3 Å². The SMILES string of the molecule is CC1Cc2ccccc2N(C(=O)C2(C)CCCN2)C1. The monoisotopic (exact) mass is 258 g/mol. The Bertz CT molecular complexity index is 491. The van der Waals surface area contributed by atoms with Crippen molar-refractivity contribution in [1.29, 1.82) is 0 Å². The van der Waals surface area contributed by atoms with Crippen molar-refractivity contribution in [2.75, 3.05) is 18.0 Å². The summed E-state index contributed by atoms with van der Waals surface area (Å²) in [6.07, 6.45) is 3.11. The van der Waals surface area contributed by atoms with Gasteiger partial charge in [0.15, 0.2) is 0 Å². The molecule has 2 aliphatic rings. The summed E-state index contributed by atoms with van der Waals surface area (Å²) < 4.78 is 0. The molecule has 1 amide bonds. The summed E-state index contributed by atoms with van der Waals surface area (Å²) in [7, 11) is 0. The largest absolute Gasteiger partial charge is 0.310 e. The molecule has 0 spiro atoms. The summed E-state index contributed by atoms with van der Waals surface area (Å²) in [5.74, 6) is 0.771. The summed E-state index contributed by atoms with van der Waals surface area (Å²) >= 11 is 0. The number of hydrogen-bond donors (Lipinski definition) is 1. The smallest absolute Gasteiger partial charge is 0.247 e. The second-order valence-corrected chi connectivity index (χ2v) is 6.22. The maximum atomic E-state index is 12.9. The molecule has 3 nitrogen and oxygen atoms in total. The van der Waals surface area contributed by atoms with Gasteiger partial charge in [-0.1, -0.05) is 25.1 Å². The van der Waals surface area contributed by atoms with Gasteiger partial charge < -0.3 is 10.2 Å². The first-order valence-corrected chi connectivity index (χ1v) is 7.25. The molecule has 1 aromatic carbocycles. The molecule has 2 atom stereocenters. The molecule has 3 rings (SSSR count). The van der Waals surface area contributed by atoms with Crippen molar-refractivity contribution >= 4 is 11.6 Å². The fraction of sp³-hybridized carbons (Fsp3) is 0.562. The third-order valence-electron chi connectivity index (χ3n) is 4.43. The molecule has 0 saturated carbocycles. The highest BCUT2D eigenvalue weighted by atomic mass is 16.2. The summed E-state index contributed by atoms with van der Waals surface area (Å²) in [6, 6.07) is 8.32. The van der Waals surface area contributed by atoms with Gasteiger partial charge in [0.05, 0.1) is 5.54 Å². The third kappa shape index (κ3) is 2.16. The van der Waals surface area contributed by atoms with Gasteiger partial charge in [-0.15, -0.1) is 0 Å². The molecule has 1 saturated heterocycles. The topological polar surface area (TPSA) is 32.3 Å². The number of carbonyl (C=O) groups excluding carboxylic acids is 1. The van der Waals surface area contributed by atoms with E-state index in [-0.39, 0.29) is 11.4 Å². The minimum Gasteiger partial charge on any atom is -0.310 e. The quantitative estimate of drug-likeness (QED) is 0.838. The Labute approximate surface area is 115 Å². The lowest BCUT2D eigenvalue weighted by molar-refractivity contribution is -0.124. The van der Waals surface area contributed by atoms with E-state index in [9.17, 15) is 4.79 Å². The van der Waals surface area contributed by atoms with Crippen LogP contribution in [0.1, 0.15) is 32.3 Å². The molecule has 0 bridgehead atoms. The zero-order chi connectivity index (χ0) is 13.5. The van der Waals surface area contributed by atoms with Crippen LogP contribution < -0.4 is 10.2 Å². The van der Waals surface area contributed by atoms with Gasteiger partial charge in [-0.3, -0.25) is 4.79 Å². The molecule has 19 heavy (non-hydrogen) atoms. The Kier molecular flexibility index (Phi) is 3.09. The maximum absolute atomic E-state index is 12.9. The minimum absolute atomic E-state index is 0.240. The Balaban J connectivity index is 1.94. The van der Waals surface area contributed by atoms with Gasteiger partial charge in [-0.05, 0) is 50.3 Å². The van der Waals surface area contributed by atoms with Crippen LogP contribution in [-0.2, 0) is 11.2 Å². The molecule has 0 aromatic heterocycles. The molecule has 2 aliphatic heterocycles. The molecular formula is C16H22N2O. The highest BCUT2D eigenvalue weighted by Crippen LogP contribution is 2.32. The van der Waals surface area contributed by atoms with Crippen molar-refractivity contribution in [1.82, 2.24) is 5.32 Å². The molecule has 1 fully saturated rings. The molecule has 102 valence electrons. The number of fused-ring (bicyclic) bond motifs is 1. The lowest BCUT2D eigenvalue weighted by atomic mass is 9.91. The molecule has 1 N–H and O–H groups in total. The molecule has 3 heteroatoms. The number of amides is 1. The number of benzene rings is 1. The van der Waals surface area contributed by atoms with Crippen LogP contribution in [0.2, 0.25) is 0 Å². The van der Waals surface area contributed by atoms with Crippen LogP contribution in [0.5, 0.6) is 0 Å². The number of carbonyl (C=O) groups is 1. The van der Waals surface area contributed by atoms with E-state index in [1.165, 1.54) is 5.56 Å². The van der Waals surface area contributed by atoms with Crippen molar-refractivity contribution in [3.8, 4) is 0 Å². The van der Waals surface area contributed by atoms with Gasteiger partial charge in [-0.25, -0.2) is 0 Å². The van der Waals surface area contributed by atoms with Gasteiger partial charge in [0.25, 0.3) is 0 Å². The normalized spacial score (nSPS) is 30.2. The first kappa shape index (κ1) is 12.7. The lowest BCUT2D eigenvalue weighted by Crippen LogP contribution is -2.55. The predicted octanol–water partition coefficient (Wildman–Crippen LogP) is 2.35. The van der Waals surface area contributed by atoms with Crippen molar-refractivity contribution in [2.24, 2.45) is 5.92 Å². The first-order valence-electron chi connectivity index (χ1n) is 7.25. The van der Waals surface area contributed by atoms with Gasteiger partial charge in [0.1, 0.15) is 0 Å². The van der Waals surface area contributed by atoms with Gasteiger partial charge in [0, 0.05) is 12.2 Å². The van der Waals surface area contributed by atoms with Crippen LogP contribution in [0.3, 0.4) is 0 Å². The average molecular weight is 258 g/mol. The predicted molar refractivity (Wildman–Crippen MR) is 77.3 cm³/mol. The van der Waals surface area contributed by atoms with Crippen molar-refractivity contribution in [3.05, 3.63) is 29.8 Å². The van der Waals surface area contributed by atoms with Crippen LogP contribution >= 0.6 is 0 Å². The standard InChI is InChI=1S/C16H22N2O/c1-12-10-13-6-3-4-7-14(13)18(11-12)15(19)16(2)8-5-9-17-16/h3-4,6-7,12,17H,5,8-11H2,1-2H3. The average Bonchev–Trinajstić information content (AvgIpc) is 2.85. The highest BCUT2D eigenvalue weighted by molar-refractivity contribution is 6.01. The number of nitrogens with one attached hydrogen (secondary N) is 1. The minimum atomic E-state index is -0.371. The zero-order valence-electron chi connectivity index (χ0n) is 11.8. The van der Waals surface area contributed by atoms with Crippen LogP contribution in [0, 0.1) is 5.92 Å². The Morgan fingerprint density at radius 3 is 2.95 bits per heavy atom. The molecule has 2 heterocycles. The third-order valence-corrected chi connectivity index (χ3v) is 4.43. The van der Waals surface area contributed by atoms with Gasteiger partial charge >= 0.3 is 0 Å². The second kappa shape index (κ2) is 4.64. The van der Waals surface area contributed by atoms with Crippen LogP contribution in [0.25, 0.3) is 0 Å². The van der Waals surface area contributed by atoms with E-state index in [4.69, 9.17) is 0 Å². The zero-order valence-corrected chi connectivity index (χ0v) is 11.8. The number of hydrogen-bond acceptors (Lipinski definition) is 2. The molecular weight excluding hydrogens is 236 g/mol. The van der Waals surface area contributed by atoms with E-state index in [0.29, 0.717) is 5.92 Å². The number of para-hydroxylation sites is 1. The second-order valence-electron chi connectivity index (χ2n) is 6.22. The van der Waals surface area contributed by atoms with Gasteiger partial charge in [-0.2, -0.15) is 0 Å². The van der Waals surface area contributed by atoms with Gasteiger partial charge in [0.2, 0.25) is 5.91 Å². The number of anilines is 1. The Morgan fingerprint density at radius 1 is 1.42 bits per heavy atom. The molecule has 0 radical (unpaired) electrons. The van der Waals surface area contributed by atoms with E-state index < -0.39 is 0 Å². The van der Waals surface area contributed by atoms with E-state index >= 15 is 0 Å². The van der Waals surface area contributed by atoms with Crippen LogP contribution in [0.4, 0.5) is 5.69 Å². The first-order chi connectivity index (χ1) is 9.10. The molecule has 1 aromatic rings. The summed E-state index contributed by atoms with van der Waals surface area (Å²) in [5, 5.41) is 3.38. The lowest BCUT2D eigenvalue weighted by Gasteiger charge is -2.38. The summed E-state index contributed by atoms with van der Waals surface area (Å²) in [4.78, 5) is 14.9. The number of rotatable bonds is 1. The Morgan fingerprint density at radius 2 is 2.21 bits per heavy atom. The Hall–Kier alpha value is -1.35.